The molecule has 0 radical (unpaired) electrons. The quantitative estimate of drug-likeness (QED) is 0.512. The van der Waals surface area contributed by atoms with Gasteiger partial charge in [-0.15, -0.1) is 11.6 Å². The van der Waals surface area contributed by atoms with Gasteiger partial charge in [-0.25, -0.2) is 0 Å². The minimum Gasteiger partial charge on any atom is -0.188 e. The molecule has 3 rings (SSSR count). The van der Waals surface area contributed by atoms with Gasteiger partial charge in [-0.1, -0.05) is 61.2 Å². The molecular weight excluding hydrogens is 371 g/mol. The standard InChI is InChI=1S/C16H15.Hf/c1-12-10-14-8-5-9-15(16(14)11-12)13-6-3-2-4-7-13;/h2-10,12H,11H2,1H3;/q-1;. The first-order valence-electron chi connectivity index (χ1n) is 5.87. The molecule has 0 heterocycles. The Bertz CT molecular complexity index is 502. The summed E-state index contributed by atoms with van der Waals surface area (Å²) in [7, 11) is 0. The van der Waals surface area contributed by atoms with Gasteiger partial charge in [-0.05, 0) is 5.56 Å². The van der Waals surface area contributed by atoms with Crippen LogP contribution in [0.25, 0.3) is 11.1 Å². The van der Waals surface area contributed by atoms with Crippen molar-refractivity contribution in [1.29, 1.82) is 0 Å². The summed E-state index contributed by atoms with van der Waals surface area (Å²) in [6.07, 6.45) is 3.56. The van der Waals surface area contributed by atoms with Gasteiger partial charge in [0.1, 0.15) is 0 Å². The molecule has 0 saturated heterocycles. The van der Waals surface area contributed by atoms with Crippen molar-refractivity contribution >= 4 is 0 Å². The Hall–Kier alpha value is -0.820. The fourth-order valence-corrected chi connectivity index (χ4v) is 2.56. The third-order valence-electron chi connectivity index (χ3n) is 3.29. The molecule has 1 atom stereocenters. The molecule has 84 valence electrons. The van der Waals surface area contributed by atoms with Crippen LogP contribution in [0.2, 0.25) is 0 Å². The predicted molar refractivity (Wildman–Crippen MR) is 68.1 cm³/mol. The van der Waals surface area contributed by atoms with Gasteiger partial charge >= 0.3 is 0 Å². The average Bonchev–Trinajstić information content (AvgIpc) is 2.70. The maximum atomic E-state index is 2.38. The minimum atomic E-state index is 0. The molecule has 0 saturated carbocycles. The second-order valence-electron chi connectivity index (χ2n) is 4.59. The van der Waals surface area contributed by atoms with E-state index in [9.17, 15) is 0 Å². The van der Waals surface area contributed by atoms with Crippen LogP contribution < -0.4 is 0 Å². The Morgan fingerprint density at radius 3 is 2.53 bits per heavy atom. The number of benzene rings is 2. The summed E-state index contributed by atoms with van der Waals surface area (Å²) in [5, 5.41) is 0. The summed E-state index contributed by atoms with van der Waals surface area (Å²) in [4.78, 5) is 0. The zero-order valence-electron chi connectivity index (χ0n) is 9.98. The topological polar surface area (TPSA) is 0 Å². The molecule has 1 aliphatic carbocycles. The maximum absolute atomic E-state index is 2.38. The van der Waals surface area contributed by atoms with Gasteiger partial charge in [-0.2, -0.15) is 18.1 Å². The molecule has 0 spiro atoms. The van der Waals surface area contributed by atoms with Gasteiger partial charge in [0.25, 0.3) is 0 Å². The molecule has 1 heteroatoms. The predicted octanol–water partition coefficient (Wildman–Crippen LogP) is 4.10. The van der Waals surface area contributed by atoms with E-state index in [1.807, 2.05) is 0 Å². The molecule has 2 aromatic rings. The number of hydrogen-bond donors (Lipinski definition) is 0. The molecule has 0 bridgehead atoms. The van der Waals surface area contributed by atoms with Crippen molar-refractivity contribution in [3.8, 4) is 11.1 Å². The van der Waals surface area contributed by atoms with E-state index in [0.29, 0.717) is 5.92 Å². The molecule has 0 nitrogen and oxygen atoms in total. The van der Waals surface area contributed by atoms with Gasteiger partial charge in [0.15, 0.2) is 0 Å². The largest absolute Gasteiger partial charge is 0.188 e. The smallest absolute Gasteiger partial charge is 0 e. The van der Waals surface area contributed by atoms with Crippen LogP contribution in [-0.2, 0) is 32.3 Å². The molecule has 0 fully saturated rings. The summed E-state index contributed by atoms with van der Waals surface area (Å²) in [5.74, 6) is 0.680. The second kappa shape index (κ2) is 5.22. The van der Waals surface area contributed by atoms with E-state index in [1.165, 1.54) is 28.7 Å². The molecule has 17 heavy (non-hydrogen) atoms. The summed E-state index contributed by atoms with van der Waals surface area (Å²) in [5.41, 5.74) is 5.68. The third-order valence-corrected chi connectivity index (χ3v) is 3.29. The van der Waals surface area contributed by atoms with Crippen LogP contribution >= 0.6 is 0 Å². The van der Waals surface area contributed by atoms with Crippen LogP contribution in [-0.4, -0.2) is 0 Å². The molecule has 0 amide bonds. The monoisotopic (exact) mass is 387 g/mol. The van der Waals surface area contributed by atoms with Crippen molar-refractivity contribution in [2.24, 2.45) is 5.92 Å². The van der Waals surface area contributed by atoms with E-state index in [1.54, 1.807) is 0 Å². The molecular formula is C16H15Hf-. The summed E-state index contributed by atoms with van der Waals surface area (Å²) >= 11 is 0. The number of hydrogen-bond acceptors (Lipinski definition) is 0. The third kappa shape index (κ3) is 2.40. The molecule has 0 N–H and O–H groups in total. The van der Waals surface area contributed by atoms with Gasteiger partial charge in [-0.3, -0.25) is 0 Å². The van der Waals surface area contributed by atoms with E-state index in [-0.39, 0.29) is 25.8 Å². The Morgan fingerprint density at radius 2 is 1.76 bits per heavy atom. The van der Waals surface area contributed by atoms with Crippen LogP contribution in [0.3, 0.4) is 0 Å². The van der Waals surface area contributed by atoms with Gasteiger partial charge in [0.05, 0.1) is 0 Å². The summed E-state index contributed by atoms with van der Waals surface area (Å²) in [6, 6.07) is 17.3. The minimum absolute atomic E-state index is 0. The van der Waals surface area contributed by atoms with Crippen molar-refractivity contribution in [3.05, 3.63) is 66.1 Å². The van der Waals surface area contributed by atoms with E-state index < -0.39 is 0 Å². The first-order chi connectivity index (χ1) is 7.84. The van der Waals surface area contributed by atoms with Gasteiger partial charge < -0.3 is 0 Å². The molecule has 0 aliphatic heterocycles. The first kappa shape index (κ1) is 12.6. The van der Waals surface area contributed by atoms with E-state index >= 15 is 0 Å². The van der Waals surface area contributed by atoms with Gasteiger partial charge in [0.2, 0.25) is 0 Å². The zero-order chi connectivity index (χ0) is 11.0. The Kier molecular flexibility index (Phi) is 3.88. The normalized spacial score (nSPS) is 16.9. The van der Waals surface area contributed by atoms with Crippen molar-refractivity contribution < 1.29 is 25.8 Å². The average molecular weight is 386 g/mol. The van der Waals surface area contributed by atoms with E-state index in [2.05, 4.69) is 61.9 Å². The fraction of sp³-hybridized carbons (Fsp3) is 0.188. The Labute approximate surface area is 122 Å². The van der Waals surface area contributed by atoms with Crippen LogP contribution in [0.5, 0.6) is 0 Å². The number of rotatable bonds is 1. The Morgan fingerprint density at radius 1 is 1.00 bits per heavy atom. The summed E-state index contributed by atoms with van der Waals surface area (Å²) < 4.78 is 0. The maximum Gasteiger partial charge on any atom is 0 e. The molecule has 1 aliphatic rings. The van der Waals surface area contributed by atoms with Crippen molar-refractivity contribution in [2.75, 3.05) is 0 Å². The zero-order valence-corrected chi connectivity index (χ0v) is 13.6. The van der Waals surface area contributed by atoms with Crippen LogP contribution in [0, 0.1) is 12.3 Å². The van der Waals surface area contributed by atoms with Gasteiger partial charge in [0, 0.05) is 25.8 Å². The van der Waals surface area contributed by atoms with E-state index in [0.717, 1.165) is 0 Å². The first-order valence-corrected chi connectivity index (χ1v) is 5.87. The molecule has 2 aromatic carbocycles. The van der Waals surface area contributed by atoms with Crippen molar-refractivity contribution in [1.82, 2.24) is 0 Å². The fourth-order valence-electron chi connectivity index (χ4n) is 2.56. The van der Waals surface area contributed by atoms with E-state index in [4.69, 9.17) is 0 Å². The van der Waals surface area contributed by atoms with Crippen molar-refractivity contribution in [2.45, 2.75) is 13.3 Å². The molecule has 1 unspecified atom stereocenters. The second-order valence-corrected chi connectivity index (χ2v) is 4.59. The summed E-state index contributed by atoms with van der Waals surface area (Å²) in [6.45, 7) is 2.29. The Balaban J connectivity index is 0.00000108. The molecule has 0 aromatic heterocycles. The van der Waals surface area contributed by atoms with Crippen LogP contribution in [0.15, 0.2) is 48.5 Å². The van der Waals surface area contributed by atoms with Crippen LogP contribution in [0.4, 0.5) is 0 Å². The SMILES string of the molecule is CC1[CH-]c2cccc(-c3ccccc3)c2C1.[Hf]. The number of fused-ring (bicyclic) bond motifs is 1. The van der Waals surface area contributed by atoms with Crippen molar-refractivity contribution in [3.63, 3.8) is 0 Å². The van der Waals surface area contributed by atoms with Crippen LogP contribution in [0.1, 0.15) is 18.1 Å².